The molecular weight excluding hydrogens is 425 g/mol. The predicted molar refractivity (Wildman–Crippen MR) is 113 cm³/mol. The topological polar surface area (TPSA) is 82.1 Å². The SMILES string of the molecule is CCOc1cc(/C=C2/SC(=O)N(CC(=O)OC)C2=O)ccc1OCc1cccc(F)c1. The number of esters is 1. The standard InChI is InChI=1S/C22H20FNO6S/c1-3-29-18-10-14(7-8-17(18)30-13-15-5-4-6-16(23)9-15)11-19-21(26)24(22(27)31-19)12-20(25)28-2/h4-11H,3,12-13H2,1-2H3/b19-11+. The number of halogens is 1. The van der Waals surface area contributed by atoms with Gasteiger partial charge in [0.05, 0.1) is 18.6 Å². The summed E-state index contributed by atoms with van der Waals surface area (Å²) in [4.78, 5) is 36.9. The van der Waals surface area contributed by atoms with Crippen LogP contribution in [0, 0.1) is 5.82 Å². The number of thioether (sulfide) groups is 1. The van der Waals surface area contributed by atoms with E-state index in [-0.39, 0.29) is 17.3 Å². The Hall–Kier alpha value is -3.33. The Kier molecular flexibility index (Phi) is 7.30. The van der Waals surface area contributed by atoms with Crippen LogP contribution < -0.4 is 9.47 Å². The maximum Gasteiger partial charge on any atom is 0.325 e. The van der Waals surface area contributed by atoms with Gasteiger partial charge in [-0.25, -0.2) is 4.39 Å². The molecule has 0 aliphatic carbocycles. The molecule has 1 saturated heterocycles. The van der Waals surface area contributed by atoms with E-state index in [1.165, 1.54) is 19.2 Å². The highest BCUT2D eigenvalue weighted by Crippen LogP contribution is 2.35. The molecule has 2 aromatic rings. The van der Waals surface area contributed by atoms with Crippen LogP contribution in [0.5, 0.6) is 11.5 Å². The van der Waals surface area contributed by atoms with Gasteiger partial charge in [0.2, 0.25) is 0 Å². The number of ether oxygens (including phenoxy) is 3. The fourth-order valence-corrected chi connectivity index (χ4v) is 3.61. The Labute approximate surface area is 182 Å². The molecule has 0 radical (unpaired) electrons. The van der Waals surface area contributed by atoms with Crippen LogP contribution in [0.15, 0.2) is 47.4 Å². The quantitative estimate of drug-likeness (QED) is 0.448. The molecule has 162 valence electrons. The molecule has 0 aromatic heterocycles. The van der Waals surface area contributed by atoms with Crippen molar-refractivity contribution >= 4 is 35.0 Å². The van der Waals surface area contributed by atoms with E-state index >= 15 is 0 Å². The summed E-state index contributed by atoms with van der Waals surface area (Å²) < 4.78 is 29.3. The molecule has 1 fully saturated rings. The number of benzene rings is 2. The van der Waals surface area contributed by atoms with Crippen LogP contribution in [0.1, 0.15) is 18.1 Å². The Bertz CT molecular complexity index is 1040. The largest absolute Gasteiger partial charge is 0.490 e. The zero-order valence-electron chi connectivity index (χ0n) is 16.9. The summed E-state index contributed by atoms with van der Waals surface area (Å²) in [5, 5.41) is -0.540. The lowest BCUT2D eigenvalue weighted by Crippen LogP contribution is -2.34. The second-order valence-corrected chi connectivity index (χ2v) is 7.39. The second-order valence-electron chi connectivity index (χ2n) is 6.40. The van der Waals surface area contributed by atoms with Crippen molar-refractivity contribution in [3.05, 3.63) is 64.3 Å². The smallest absolute Gasteiger partial charge is 0.325 e. The zero-order chi connectivity index (χ0) is 22.4. The highest BCUT2D eigenvalue weighted by Gasteiger charge is 2.36. The highest BCUT2D eigenvalue weighted by molar-refractivity contribution is 8.18. The number of imide groups is 1. The highest BCUT2D eigenvalue weighted by atomic mass is 32.2. The molecule has 3 rings (SSSR count). The van der Waals surface area contributed by atoms with E-state index in [9.17, 15) is 18.8 Å². The van der Waals surface area contributed by atoms with Gasteiger partial charge in [-0.05, 0) is 60.2 Å². The first-order chi connectivity index (χ1) is 14.9. The van der Waals surface area contributed by atoms with Crippen LogP contribution in [0.2, 0.25) is 0 Å². The van der Waals surface area contributed by atoms with Crippen LogP contribution >= 0.6 is 11.8 Å². The van der Waals surface area contributed by atoms with Gasteiger partial charge in [-0.1, -0.05) is 18.2 Å². The van der Waals surface area contributed by atoms with Crippen molar-refractivity contribution in [1.82, 2.24) is 4.90 Å². The Morgan fingerprint density at radius 3 is 2.65 bits per heavy atom. The molecule has 0 bridgehead atoms. The Morgan fingerprint density at radius 2 is 1.94 bits per heavy atom. The molecule has 7 nitrogen and oxygen atoms in total. The molecule has 31 heavy (non-hydrogen) atoms. The van der Waals surface area contributed by atoms with Gasteiger partial charge in [0.25, 0.3) is 11.1 Å². The van der Waals surface area contributed by atoms with Crippen LogP contribution in [0.3, 0.4) is 0 Å². The fraction of sp³-hybridized carbons (Fsp3) is 0.227. The van der Waals surface area contributed by atoms with E-state index in [4.69, 9.17) is 9.47 Å². The average molecular weight is 445 g/mol. The predicted octanol–water partition coefficient (Wildman–Crippen LogP) is 4.01. The van der Waals surface area contributed by atoms with Gasteiger partial charge in [0, 0.05) is 0 Å². The summed E-state index contributed by atoms with van der Waals surface area (Å²) in [7, 11) is 1.18. The molecule has 0 spiro atoms. The monoisotopic (exact) mass is 445 g/mol. The minimum absolute atomic E-state index is 0.156. The van der Waals surface area contributed by atoms with E-state index in [0.29, 0.717) is 29.2 Å². The summed E-state index contributed by atoms with van der Waals surface area (Å²) in [6.07, 6.45) is 1.54. The van der Waals surface area contributed by atoms with Crippen LogP contribution in [0.4, 0.5) is 9.18 Å². The van der Waals surface area contributed by atoms with E-state index < -0.39 is 23.7 Å². The van der Waals surface area contributed by atoms with Crippen LogP contribution in [-0.4, -0.2) is 42.3 Å². The first-order valence-corrected chi connectivity index (χ1v) is 10.2. The second kappa shape index (κ2) is 10.1. The number of carbonyl (C=O) groups is 3. The van der Waals surface area contributed by atoms with Crippen molar-refractivity contribution in [3.63, 3.8) is 0 Å². The number of carbonyl (C=O) groups excluding carboxylic acids is 3. The van der Waals surface area contributed by atoms with Crippen molar-refractivity contribution in [3.8, 4) is 11.5 Å². The third kappa shape index (κ3) is 5.64. The minimum atomic E-state index is -0.679. The average Bonchev–Trinajstić information content (AvgIpc) is 3.00. The molecule has 0 N–H and O–H groups in total. The van der Waals surface area contributed by atoms with E-state index in [1.54, 1.807) is 36.4 Å². The van der Waals surface area contributed by atoms with E-state index in [1.807, 2.05) is 6.92 Å². The lowest BCUT2D eigenvalue weighted by Gasteiger charge is -2.13. The van der Waals surface area contributed by atoms with Crippen molar-refractivity contribution in [2.24, 2.45) is 0 Å². The van der Waals surface area contributed by atoms with Gasteiger partial charge < -0.3 is 14.2 Å². The summed E-state index contributed by atoms with van der Waals surface area (Å²) in [5.41, 5.74) is 1.29. The fourth-order valence-electron chi connectivity index (χ4n) is 2.77. The van der Waals surface area contributed by atoms with Gasteiger partial charge in [-0.3, -0.25) is 19.3 Å². The lowest BCUT2D eigenvalue weighted by molar-refractivity contribution is -0.143. The summed E-state index contributed by atoms with van der Waals surface area (Å²) in [5.74, 6) is -0.683. The number of nitrogens with zero attached hydrogens (tertiary/aromatic N) is 1. The van der Waals surface area contributed by atoms with E-state index in [0.717, 1.165) is 16.7 Å². The molecule has 9 heteroatoms. The number of hydrogen-bond donors (Lipinski definition) is 0. The maximum absolute atomic E-state index is 13.3. The van der Waals surface area contributed by atoms with Crippen LogP contribution in [-0.2, 0) is 20.9 Å². The number of amides is 2. The van der Waals surface area contributed by atoms with Gasteiger partial charge in [0.1, 0.15) is 19.0 Å². The number of rotatable bonds is 8. The Balaban J connectivity index is 1.78. The maximum atomic E-state index is 13.3. The molecule has 0 unspecified atom stereocenters. The molecule has 2 amide bonds. The third-order valence-corrected chi connectivity index (χ3v) is 5.14. The number of methoxy groups -OCH3 is 1. The molecule has 1 aliphatic heterocycles. The molecule has 0 saturated carbocycles. The normalized spacial score (nSPS) is 14.8. The van der Waals surface area contributed by atoms with Gasteiger partial charge in [-0.2, -0.15) is 0 Å². The first kappa shape index (κ1) is 22.4. The zero-order valence-corrected chi connectivity index (χ0v) is 17.7. The minimum Gasteiger partial charge on any atom is -0.490 e. The van der Waals surface area contributed by atoms with Crippen molar-refractivity contribution in [2.75, 3.05) is 20.3 Å². The molecule has 2 aromatic carbocycles. The first-order valence-electron chi connectivity index (χ1n) is 9.37. The van der Waals surface area contributed by atoms with Crippen LogP contribution in [0.25, 0.3) is 6.08 Å². The molecule has 1 heterocycles. The number of hydrogen-bond acceptors (Lipinski definition) is 7. The van der Waals surface area contributed by atoms with E-state index in [2.05, 4.69) is 4.74 Å². The van der Waals surface area contributed by atoms with Gasteiger partial charge in [0.15, 0.2) is 11.5 Å². The molecular formula is C22H20FNO6S. The lowest BCUT2D eigenvalue weighted by atomic mass is 10.1. The third-order valence-electron chi connectivity index (χ3n) is 4.24. The Morgan fingerprint density at radius 1 is 1.13 bits per heavy atom. The van der Waals surface area contributed by atoms with Gasteiger partial charge >= 0.3 is 5.97 Å². The summed E-state index contributed by atoms with van der Waals surface area (Å²) >= 11 is 0.745. The summed E-state index contributed by atoms with van der Waals surface area (Å²) in [6, 6.07) is 11.2. The van der Waals surface area contributed by atoms with Crippen molar-refractivity contribution in [2.45, 2.75) is 13.5 Å². The van der Waals surface area contributed by atoms with Gasteiger partial charge in [-0.15, -0.1) is 0 Å². The molecule has 0 atom stereocenters. The van der Waals surface area contributed by atoms with Crippen molar-refractivity contribution < 1.29 is 33.0 Å². The summed E-state index contributed by atoms with van der Waals surface area (Å²) in [6.45, 7) is 1.93. The van der Waals surface area contributed by atoms with Crippen molar-refractivity contribution in [1.29, 1.82) is 0 Å². The molecule has 1 aliphatic rings.